The van der Waals surface area contributed by atoms with E-state index in [2.05, 4.69) is 34.1 Å². The molecule has 29 heavy (non-hydrogen) atoms. The van der Waals surface area contributed by atoms with Crippen molar-refractivity contribution < 1.29 is 9.90 Å². The highest BCUT2D eigenvalue weighted by Gasteiger charge is 2.26. The number of carboxylic acids is 1. The van der Waals surface area contributed by atoms with Crippen molar-refractivity contribution in [2.24, 2.45) is 0 Å². The molecule has 4 heteroatoms. The van der Waals surface area contributed by atoms with E-state index in [4.69, 9.17) is 0 Å². The number of nitrogens with one attached hydrogen (secondary N) is 1. The molecule has 0 atom stereocenters. The van der Waals surface area contributed by atoms with Gasteiger partial charge in [-0.15, -0.1) is 0 Å². The number of hydrogen-bond donors (Lipinski definition) is 2. The molecule has 1 aliphatic carbocycles. The lowest BCUT2D eigenvalue weighted by Crippen LogP contribution is -2.31. The van der Waals surface area contributed by atoms with E-state index in [0.29, 0.717) is 5.56 Å². The van der Waals surface area contributed by atoms with E-state index < -0.39 is 5.97 Å². The van der Waals surface area contributed by atoms with Gasteiger partial charge in [-0.1, -0.05) is 24.3 Å². The van der Waals surface area contributed by atoms with E-state index in [1.807, 2.05) is 12.3 Å². The van der Waals surface area contributed by atoms with Crippen LogP contribution in [-0.4, -0.2) is 40.6 Å². The molecule has 0 fully saturated rings. The molecule has 4 nitrogen and oxygen atoms in total. The molecule has 5 rings (SSSR count). The molecule has 0 unspecified atom stereocenters. The maximum atomic E-state index is 11.2. The minimum Gasteiger partial charge on any atom is -0.478 e. The number of carboxylic acid groups (broad SMARTS) is 1. The Morgan fingerprint density at radius 2 is 2.03 bits per heavy atom. The van der Waals surface area contributed by atoms with Crippen molar-refractivity contribution in [1.82, 2.24) is 9.88 Å². The van der Waals surface area contributed by atoms with Crippen molar-refractivity contribution in [3.05, 3.63) is 76.5 Å². The first kappa shape index (κ1) is 18.2. The van der Waals surface area contributed by atoms with Crippen molar-refractivity contribution in [2.75, 3.05) is 19.6 Å². The lowest BCUT2D eigenvalue weighted by Gasteiger charge is -2.28. The van der Waals surface area contributed by atoms with Gasteiger partial charge in [0.25, 0.3) is 0 Å². The fraction of sp³-hybridized carbons (Fsp3) is 0.320. The average molecular weight is 386 g/mol. The Morgan fingerprint density at radius 1 is 1.14 bits per heavy atom. The first-order valence-electron chi connectivity index (χ1n) is 10.5. The number of rotatable bonds is 6. The van der Waals surface area contributed by atoms with E-state index >= 15 is 0 Å². The predicted molar refractivity (Wildman–Crippen MR) is 116 cm³/mol. The van der Waals surface area contributed by atoms with Crippen molar-refractivity contribution in [3.8, 4) is 0 Å². The zero-order chi connectivity index (χ0) is 19.8. The topological polar surface area (TPSA) is 56.3 Å². The number of carbonyl (C=O) groups is 1. The van der Waals surface area contributed by atoms with Crippen LogP contribution in [0.25, 0.3) is 16.5 Å². The van der Waals surface area contributed by atoms with Gasteiger partial charge in [-0.2, -0.15) is 0 Å². The van der Waals surface area contributed by atoms with Crippen LogP contribution in [0.5, 0.6) is 0 Å². The number of aromatic nitrogens is 1. The van der Waals surface area contributed by atoms with E-state index in [-0.39, 0.29) is 0 Å². The summed E-state index contributed by atoms with van der Waals surface area (Å²) in [6, 6.07) is 14.2. The minimum absolute atomic E-state index is 0.355. The van der Waals surface area contributed by atoms with E-state index in [0.717, 1.165) is 49.8 Å². The van der Waals surface area contributed by atoms with E-state index in [1.165, 1.54) is 29.5 Å². The van der Waals surface area contributed by atoms with Crippen LogP contribution in [0, 0.1) is 0 Å². The average Bonchev–Trinajstić information content (AvgIpc) is 3.31. The fourth-order valence-corrected chi connectivity index (χ4v) is 4.94. The highest BCUT2D eigenvalue weighted by Crippen LogP contribution is 2.37. The summed E-state index contributed by atoms with van der Waals surface area (Å²) in [4.78, 5) is 17.1. The number of aryl methyl sites for hydroxylation is 1. The number of fused-ring (bicyclic) bond motifs is 3. The van der Waals surface area contributed by atoms with Gasteiger partial charge in [-0.25, -0.2) is 4.79 Å². The normalized spacial score (nSPS) is 16.3. The van der Waals surface area contributed by atoms with Gasteiger partial charge in [-0.05, 0) is 84.7 Å². The fourth-order valence-electron chi connectivity index (χ4n) is 4.94. The van der Waals surface area contributed by atoms with Crippen molar-refractivity contribution in [3.63, 3.8) is 0 Å². The Hall–Kier alpha value is -2.85. The second kappa shape index (κ2) is 7.53. The summed E-state index contributed by atoms with van der Waals surface area (Å²) < 4.78 is 0. The molecule has 0 bridgehead atoms. The van der Waals surface area contributed by atoms with E-state index in [9.17, 15) is 9.90 Å². The van der Waals surface area contributed by atoms with Crippen LogP contribution in [0.15, 0.2) is 54.2 Å². The molecule has 0 amide bonds. The van der Waals surface area contributed by atoms with E-state index in [1.54, 1.807) is 23.3 Å². The van der Waals surface area contributed by atoms with Gasteiger partial charge in [0.15, 0.2) is 0 Å². The zero-order valence-electron chi connectivity index (χ0n) is 16.6. The molecule has 0 spiro atoms. The van der Waals surface area contributed by atoms with Gasteiger partial charge in [0.1, 0.15) is 0 Å². The lowest BCUT2D eigenvalue weighted by atomic mass is 9.99. The van der Waals surface area contributed by atoms with Crippen molar-refractivity contribution in [1.29, 1.82) is 0 Å². The third kappa shape index (κ3) is 3.49. The predicted octanol–water partition coefficient (Wildman–Crippen LogP) is 4.90. The molecule has 2 heterocycles. The third-order valence-corrected chi connectivity index (χ3v) is 6.45. The van der Waals surface area contributed by atoms with Gasteiger partial charge in [0.05, 0.1) is 5.56 Å². The van der Waals surface area contributed by atoms with Gasteiger partial charge < -0.3 is 10.1 Å². The summed E-state index contributed by atoms with van der Waals surface area (Å²) in [5.74, 6) is -0.869. The zero-order valence-corrected chi connectivity index (χ0v) is 16.6. The summed E-state index contributed by atoms with van der Waals surface area (Å²) in [6.45, 7) is 3.40. The lowest BCUT2D eigenvalue weighted by molar-refractivity contribution is 0.0697. The summed E-state index contributed by atoms with van der Waals surface area (Å²) >= 11 is 0. The van der Waals surface area contributed by atoms with Crippen LogP contribution in [0.1, 0.15) is 46.3 Å². The number of hydrogen-bond acceptors (Lipinski definition) is 2. The molecule has 2 N–H and O–H groups in total. The molecule has 2 aliphatic rings. The quantitative estimate of drug-likeness (QED) is 0.592. The maximum absolute atomic E-state index is 11.2. The van der Waals surface area contributed by atoms with Gasteiger partial charge >= 0.3 is 5.97 Å². The molecule has 1 aliphatic heterocycles. The van der Waals surface area contributed by atoms with Crippen LogP contribution in [-0.2, 0) is 12.8 Å². The SMILES string of the molecule is O=C(O)c1ccc2[nH]cc(CCCCN3CCC4=C(Cc5ccccc54)C3)c2c1. The number of H-pyrrole nitrogens is 1. The number of unbranched alkanes of at least 4 members (excludes halogenated alkanes) is 1. The first-order valence-corrected chi connectivity index (χ1v) is 10.5. The summed E-state index contributed by atoms with van der Waals surface area (Å²) in [7, 11) is 0. The smallest absolute Gasteiger partial charge is 0.335 e. The first-order chi connectivity index (χ1) is 14.2. The minimum atomic E-state index is -0.869. The highest BCUT2D eigenvalue weighted by molar-refractivity contribution is 5.94. The molecule has 1 aromatic heterocycles. The Labute approximate surface area is 170 Å². The molecule has 0 radical (unpaired) electrons. The molecule has 148 valence electrons. The number of nitrogens with zero attached hydrogens (tertiary/aromatic N) is 1. The molecule has 0 saturated heterocycles. The maximum Gasteiger partial charge on any atom is 0.335 e. The number of benzene rings is 2. The summed E-state index contributed by atoms with van der Waals surface area (Å²) in [5, 5.41) is 10.3. The molecule has 3 aromatic rings. The Kier molecular flexibility index (Phi) is 4.72. The van der Waals surface area contributed by atoms with Gasteiger partial charge in [-0.3, -0.25) is 4.90 Å². The monoisotopic (exact) mass is 386 g/mol. The van der Waals surface area contributed by atoms with Gasteiger partial charge in [0.2, 0.25) is 0 Å². The highest BCUT2D eigenvalue weighted by atomic mass is 16.4. The summed E-state index contributed by atoms with van der Waals surface area (Å²) in [5.41, 5.74) is 8.80. The van der Waals surface area contributed by atoms with Crippen molar-refractivity contribution >= 4 is 22.4 Å². The Morgan fingerprint density at radius 3 is 2.93 bits per heavy atom. The second-order valence-electron chi connectivity index (χ2n) is 8.28. The molecule has 2 aromatic carbocycles. The number of aromatic carboxylic acids is 1. The van der Waals surface area contributed by atoms with Crippen molar-refractivity contribution in [2.45, 2.75) is 32.1 Å². The standard InChI is InChI=1S/C25H26N2O2/c28-25(29)18-8-9-24-23(14-18)19(15-26-24)6-3-4-11-27-12-10-22-20(16-27)13-17-5-1-2-7-21(17)22/h1-2,5,7-9,14-15,26H,3-4,6,10-13,16H2,(H,28,29). The van der Waals surface area contributed by atoms with Crippen LogP contribution in [0.4, 0.5) is 0 Å². The second-order valence-corrected chi connectivity index (χ2v) is 8.28. The largest absolute Gasteiger partial charge is 0.478 e. The third-order valence-electron chi connectivity index (χ3n) is 6.45. The van der Waals surface area contributed by atoms with Crippen LogP contribution in [0.2, 0.25) is 0 Å². The summed E-state index contributed by atoms with van der Waals surface area (Å²) in [6.07, 6.45) is 7.60. The molecular formula is C25H26N2O2. The van der Waals surface area contributed by atoms with Crippen LogP contribution < -0.4 is 0 Å². The Balaban J connectivity index is 1.16. The number of aromatic amines is 1. The molecular weight excluding hydrogens is 360 g/mol. The Bertz CT molecular complexity index is 1110. The van der Waals surface area contributed by atoms with Gasteiger partial charge in [0, 0.05) is 30.2 Å². The van der Waals surface area contributed by atoms with Crippen LogP contribution >= 0.6 is 0 Å². The van der Waals surface area contributed by atoms with Crippen LogP contribution in [0.3, 0.4) is 0 Å². The molecule has 0 saturated carbocycles.